The molecule has 0 radical (unpaired) electrons. The lowest BCUT2D eigenvalue weighted by molar-refractivity contribution is -0.117. The van der Waals surface area contributed by atoms with Crippen molar-refractivity contribution in [3.05, 3.63) is 56.4 Å². The number of anilines is 1. The Morgan fingerprint density at radius 1 is 1.33 bits per heavy atom. The van der Waals surface area contributed by atoms with Gasteiger partial charge < -0.3 is 5.32 Å². The third-order valence-electron chi connectivity index (χ3n) is 2.53. The normalized spacial score (nSPS) is 9.95. The van der Waals surface area contributed by atoms with Crippen LogP contribution < -0.4 is 10.9 Å². The molecule has 1 aromatic carbocycles. The fraction of sp³-hybridized carbons (Fsp3) is 0.0769. The minimum absolute atomic E-state index is 0.0328. The highest BCUT2D eigenvalue weighted by Crippen LogP contribution is 2.14. The summed E-state index contributed by atoms with van der Waals surface area (Å²) in [4.78, 5) is 23.6. The summed E-state index contributed by atoms with van der Waals surface area (Å²) < 4.78 is 0.910. The van der Waals surface area contributed by atoms with Crippen molar-refractivity contribution in [1.29, 1.82) is 5.26 Å². The Labute approximate surface area is 129 Å². The summed E-state index contributed by atoms with van der Waals surface area (Å²) in [6.07, 6.45) is 1.19. The monoisotopic (exact) mass is 322 g/mol. The van der Waals surface area contributed by atoms with Crippen LogP contribution in [-0.4, -0.2) is 15.7 Å². The van der Waals surface area contributed by atoms with Crippen molar-refractivity contribution in [2.45, 2.75) is 6.54 Å². The fourth-order valence-electron chi connectivity index (χ4n) is 1.52. The van der Waals surface area contributed by atoms with Crippen LogP contribution in [0, 0.1) is 11.3 Å². The van der Waals surface area contributed by atoms with Crippen molar-refractivity contribution in [2.24, 2.45) is 0 Å². The van der Waals surface area contributed by atoms with E-state index in [1.807, 2.05) is 6.07 Å². The molecule has 0 unspecified atom stereocenters. The second-order valence-corrected chi connectivity index (χ2v) is 4.79. The van der Waals surface area contributed by atoms with Crippen molar-refractivity contribution in [3.8, 4) is 6.07 Å². The van der Waals surface area contributed by atoms with Gasteiger partial charge in [-0.15, -0.1) is 0 Å². The first-order valence-electron chi connectivity index (χ1n) is 5.72. The molecule has 1 aromatic heterocycles. The average molecular weight is 323 g/mol. The van der Waals surface area contributed by atoms with Crippen molar-refractivity contribution in [3.63, 3.8) is 0 Å². The van der Waals surface area contributed by atoms with Gasteiger partial charge in [-0.3, -0.25) is 9.59 Å². The molecular formula is C13H8Cl2N4O2. The van der Waals surface area contributed by atoms with E-state index in [0.29, 0.717) is 11.3 Å². The first-order valence-corrected chi connectivity index (χ1v) is 6.48. The molecule has 0 fully saturated rings. The molecule has 0 aliphatic rings. The predicted molar refractivity (Wildman–Crippen MR) is 78.3 cm³/mol. The topological polar surface area (TPSA) is 87.8 Å². The first kappa shape index (κ1) is 15.0. The first-order chi connectivity index (χ1) is 10.0. The van der Waals surface area contributed by atoms with Crippen molar-refractivity contribution < 1.29 is 4.79 Å². The molecule has 0 atom stereocenters. The molecule has 0 aliphatic heterocycles. The molecule has 8 heteroatoms. The molecule has 0 spiro atoms. The number of carbonyl (C=O) groups is 1. The van der Waals surface area contributed by atoms with E-state index in [9.17, 15) is 9.59 Å². The molecule has 2 aromatic rings. The summed E-state index contributed by atoms with van der Waals surface area (Å²) >= 11 is 11.3. The van der Waals surface area contributed by atoms with Gasteiger partial charge in [0.25, 0.3) is 5.56 Å². The van der Waals surface area contributed by atoms with Crippen LogP contribution in [0.5, 0.6) is 0 Å². The molecule has 0 aliphatic carbocycles. The minimum Gasteiger partial charge on any atom is -0.324 e. The molecular weight excluding hydrogens is 315 g/mol. The lowest BCUT2D eigenvalue weighted by Crippen LogP contribution is -2.29. The highest BCUT2D eigenvalue weighted by atomic mass is 35.5. The Bertz CT molecular complexity index is 778. The van der Waals surface area contributed by atoms with E-state index in [4.69, 9.17) is 28.5 Å². The molecule has 1 N–H and O–H groups in total. The predicted octanol–water partition coefficient (Wildman–Crippen LogP) is 2.06. The molecule has 1 heterocycles. The number of rotatable bonds is 3. The molecule has 0 saturated carbocycles. The van der Waals surface area contributed by atoms with Crippen LogP contribution in [0.3, 0.4) is 0 Å². The van der Waals surface area contributed by atoms with Crippen molar-refractivity contribution in [1.82, 2.24) is 9.78 Å². The maximum atomic E-state index is 11.8. The highest BCUT2D eigenvalue weighted by molar-refractivity contribution is 6.41. The van der Waals surface area contributed by atoms with Gasteiger partial charge in [-0.1, -0.05) is 23.2 Å². The third-order valence-corrected chi connectivity index (χ3v) is 3.28. The van der Waals surface area contributed by atoms with E-state index in [-0.39, 0.29) is 16.6 Å². The number of amides is 1. The Kier molecular flexibility index (Phi) is 4.58. The van der Waals surface area contributed by atoms with Gasteiger partial charge in [-0.05, 0) is 24.3 Å². The van der Waals surface area contributed by atoms with Gasteiger partial charge in [0.1, 0.15) is 11.6 Å². The number of nitriles is 1. The van der Waals surface area contributed by atoms with E-state index in [1.54, 1.807) is 24.3 Å². The summed E-state index contributed by atoms with van der Waals surface area (Å²) in [5.74, 6) is -0.451. The summed E-state index contributed by atoms with van der Waals surface area (Å²) in [6, 6.07) is 8.28. The quantitative estimate of drug-likeness (QED) is 0.936. The van der Waals surface area contributed by atoms with Gasteiger partial charge in [-0.25, -0.2) is 4.68 Å². The van der Waals surface area contributed by atoms with Crippen LogP contribution in [0.25, 0.3) is 0 Å². The van der Waals surface area contributed by atoms with Crippen LogP contribution in [0.1, 0.15) is 5.56 Å². The molecule has 106 valence electrons. The van der Waals surface area contributed by atoms with Crippen LogP contribution >= 0.6 is 23.2 Å². The van der Waals surface area contributed by atoms with Gasteiger partial charge in [-0.2, -0.15) is 10.4 Å². The summed E-state index contributed by atoms with van der Waals surface area (Å²) in [7, 11) is 0. The molecule has 2 rings (SSSR count). The second kappa shape index (κ2) is 6.39. The van der Waals surface area contributed by atoms with Gasteiger partial charge in [0.15, 0.2) is 0 Å². The molecule has 0 bridgehead atoms. The van der Waals surface area contributed by atoms with Crippen molar-refractivity contribution >= 4 is 34.8 Å². The summed E-state index contributed by atoms with van der Waals surface area (Å²) in [6.45, 7) is -0.296. The third kappa shape index (κ3) is 3.60. The molecule has 1 amide bonds. The Morgan fingerprint density at radius 2 is 2.00 bits per heavy atom. The molecule has 6 nitrogen and oxygen atoms in total. The largest absolute Gasteiger partial charge is 0.324 e. The number of hydrogen-bond acceptors (Lipinski definition) is 4. The maximum absolute atomic E-state index is 11.8. The van der Waals surface area contributed by atoms with Gasteiger partial charge in [0.2, 0.25) is 5.91 Å². The van der Waals surface area contributed by atoms with Crippen LogP contribution in [-0.2, 0) is 11.3 Å². The van der Waals surface area contributed by atoms with Gasteiger partial charge >= 0.3 is 0 Å². The number of benzene rings is 1. The average Bonchev–Trinajstić information content (AvgIpc) is 2.49. The Morgan fingerprint density at radius 3 is 2.62 bits per heavy atom. The van der Waals surface area contributed by atoms with Gasteiger partial charge in [0, 0.05) is 5.69 Å². The minimum atomic E-state index is -0.640. The number of halogens is 2. The Balaban J connectivity index is 2.10. The SMILES string of the molecule is N#Cc1ccc(NC(=O)Cn2ncc(Cl)c(Cl)c2=O)cc1. The lowest BCUT2D eigenvalue weighted by Gasteiger charge is -2.07. The van der Waals surface area contributed by atoms with Crippen LogP contribution in [0.15, 0.2) is 35.3 Å². The van der Waals surface area contributed by atoms with E-state index in [2.05, 4.69) is 10.4 Å². The second-order valence-electron chi connectivity index (χ2n) is 4.01. The summed E-state index contributed by atoms with van der Waals surface area (Å²) in [5, 5.41) is 14.8. The molecule has 21 heavy (non-hydrogen) atoms. The highest BCUT2D eigenvalue weighted by Gasteiger charge is 2.11. The number of nitrogens with zero attached hydrogens (tertiary/aromatic N) is 3. The standard InChI is InChI=1S/C13H8Cl2N4O2/c14-10-6-17-19(13(21)12(10)15)7-11(20)18-9-3-1-8(5-16)2-4-9/h1-4,6H,7H2,(H,18,20). The fourth-order valence-corrected chi connectivity index (χ4v) is 1.79. The number of carbonyl (C=O) groups excluding carboxylic acids is 1. The van der Waals surface area contributed by atoms with E-state index >= 15 is 0 Å². The van der Waals surface area contributed by atoms with Crippen LogP contribution in [0.2, 0.25) is 10.0 Å². The van der Waals surface area contributed by atoms with Crippen LogP contribution in [0.4, 0.5) is 5.69 Å². The van der Waals surface area contributed by atoms with Crippen molar-refractivity contribution in [2.75, 3.05) is 5.32 Å². The summed E-state index contributed by atoms with van der Waals surface area (Å²) in [5.41, 5.74) is 0.349. The number of hydrogen-bond donors (Lipinski definition) is 1. The van der Waals surface area contributed by atoms with E-state index in [1.165, 1.54) is 6.20 Å². The number of aromatic nitrogens is 2. The zero-order chi connectivity index (χ0) is 15.4. The Hall–Kier alpha value is -2.36. The lowest BCUT2D eigenvalue weighted by atomic mass is 10.2. The maximum Gasteiger partial charge on any atom is 0.287 e. The zero-order valence-corrected chi connectivity index (χ0v) is 12.0. The smallest absolute Gasteiger partial charge is 0.287 e. The zero-order valence-electron chi connectivity index (χ0n) is 10.5. The molecule has 0 saturated heterocycles. The van der Waals surface area contributed by atoms with Gasteiger partial charge in [0.05, 0.1) is 22.9 Å². The van der Waals surface area contributed by atoms with E-state index < -0.39 is 11.5 Å². The number of nitrogens with one attached hydrogen (secondary N) is 1. The van der Waals surface area contributed by atoms with E-state index in [0.717, 1.165) is 4.68 Å².